The number of aliphatic carboxylic acids is 2. The third-order valence-corrected chi connectivity index (χ3v) is 10.0. The van der Waals surface area contributed by atoms with E-state index < -0.39 is 35.8 Å². The Morgan fingerprint density at radius 1 is 0.565 bits per heavy atom. The monoisotopic (exact) mass is 839 g/mol. The van der Waals surface area contributed by atoms with Crippen molar-refractivity contribution in [3.8, 4) is 39.9 Å². The molecule has 320 valence electrons. The summed E-state index contributed by atoms with van der Waals surface area (Å²) in [4.78, 5) is 61.9. The highest BCUT2D eigenvalue weighted by atomic mass is 16.5. The summed E-state index contributed by atoms with van der Waals surface area (Å²) >= 11 is 0. The zero-order valence-electron chi connectivity index (χ0n) is 35.6. The summed E-state index contributed by atoms with van der Waals surface area (Å²) in [7, 11) is 4.56. The van der Waals surface area contributed by atoms with E-state index in [0.29, 0.717) is 39.9 Å². The fourth-order valence-corrected chi connectivity index (χ4v) is 6.52. The fourth-order valence-electron chi connectivity index (χ4n) is 6.52. The minimum Gasteiger partial charge on any atom is -0.494 e. The van der Waals surface area contributed by atoms with Crippen LogP contribution >= 0.6 is 0 Å². The highest BCUT2D eigenvalue weighted by Crippen LogP contribution is 2.34. The van der Waals surface area contributed by atoms with E-state index in [4.69, 9.17) is 14.2 Å². The molecule has 62 heavy (non-hydrogen) atoms. The zero-order valence-corrected chi connectivity index (χ0v) is 35.6. The van der Waals surface area contributed by atoms with Gasteiger partial charge in [-0.05, 0) is 86.3 Å². The summed E-state index contributed by atoms with van der Waals surface area (Å²) in [6.45, 7) is 7.90. The average molecular weight is 840 g/mol. The van der Waals surface area contributed by atoms with Gasteiger partial charge < -0.3 is 35.1 Å². The van der Waals surface area contributed by atoms with Crippen LogP contribution in [0.5, 0.6) is 17.4 Å². The Morgan fingerprint density at radius 3 is 1.45 bits per heavy atom. The number of carbonyl (C=O) groups excluding carboxylic acids is 2. The molecule has 3 heterocycles. The van der Waals surface area contributed by atoms with Crippen LogP contribution < -0.4 is 24.8 Å². The number of hydrogen-bond acceptors (Lipinski definition) is 10. The highest BCUT2D eigenvalue weighted by molar-refractivity contribution is 5.94. The summed E-state index contributed by atoms with van der Waals surface area (Å²) < 4.78 is 16.2. The van der Waals surface area contributed by atoms with Crippen molar-refractivity contribution in [2.45, 2.75) is 52.6 Å². The molecule has 6 aromatic rings. The summed E-state index contributed by atoms with van der Waals surface area (Å²) in [5.41, 5.74) is 8.40. The third kappa shape index (κ3) is 11.6. The van der Waals surface area contributed by atoms with Crippen molar-refractivity contribution >= 4 is 23.8 Å². The maximum atomic E-state index is 13.0. The van der Waals surface area contributed by atoms with E-state index in [9.17, 15) is 29.4 Å². The molecule has 0 aliphatic carbocycles. The van der Waals surface area contributed by atoms with Crippen LogP contribution in [0.4, 0.5) is 0 Å². The number of hydrogen-bond donors (Lipinski definition) is 4. The molecule has 4 N–H and O–H groups in total. The average Bonchev–Trinajstić information content (AvgIpc) is 3.26. The Kier molecular flexibility index (Phi) is 15.5. The smallest absolute Gasteiger partial charge is 0.305 e. The van der Waals surface area contributed by atoms with Crippen LogP contribution in [-0.4, -0.2) is 70.2 Å². The van der Waals surface area contributed by atoms with Gasteiger partial charge in [-0.1, -0.05) is 77.9 Å². The largest absolute Gasteiger partial charge is 0.494 e. The van der Waals surface area contributed by atoms with Crippen LogP contribution in [0.25, 0.3) is 22.5 Å². The minimum absolute atomic E-state index is 0.115. The van der Waals surface area contributed by atoms with Gasteiger partial charge in [0.25, 0.3) is 11.8 Å². The van der Waals surface area contributed by atoms with Gasteiger partial charge >= 0.3 is 11.9 Å². The number of methoxy groups -OCH3 is 3. The summed E-state index contributed by atoms with van der Waals surface area (Å²) in [5.74, 6) is -1.61. The summed E-state index contributed by atoms with van der Waals surface area (Å²) in [6, 6.07) is 29.2. The third-order valence-electron chi connectivity index (χ3n) is 10.0. The number of aromatic nitrogens is 3. The number of nitrogens with one attached hydrogen (secondary N) is 2. The molecule has 0 aliphatic heterocycles. The van der Waals surface area contributed by atoms with Crippen LogP contribution in [0, 0.1) is 27.7 Å². The normalized spacial score (nSPS) is 11.5. The van der Waals surface area contributed by atoms with E-state index in [-0.39, 0.29) is 24.2 Å². The number of ether oxygens (including phenoxy) is 3. The van der Waals surface area contributed by atoms with Gasteiger partial charge in [0, 0.05) is 11.8 Å². The molecule has 6 rings (SSSR count). The number of carboxylic acids is 2. The molecule has 0 radical (unpaired) electrons. The molecule has 0 spiro atoms. The number of carboxylic acid groups (broad SMARTS) is 2. The Hall–Kier alpha value is -7.61. The van der Waals surface area contributed by atoms with Gasteiger partial charge in [-0.15, -0.1) is 0 Å². The van der Waals surface area contributed by atoms with E-state index in [1.807, 2.05) is 82.3 Å². The molecule has 14 nitrogen and oxygen atoms in total. The first-order valence-electron chi connectivity index (χ1n) is 19.6. The first-order valence-corrected chi connectivity index (χ1v) is 19.6. The molecule has 2 amide bonds. The molecule has 0 fully saturated rings. The second-order valence-corrected chi connectivity index (χ2v) is 14.4. The predicted molar refractivity (Wildman–Crippen MR) is 234 cm³/mol. The van der Waals surface area contributed by atoms with Crippen LogP contribution in [-0.2, 0) is 9.59 Å². The maximum Gasteiger partial charge on any atom is 0.305 e. The number of rotatable bonds is 15. The van der Waals surface area contributed by atoms with Crippen LogP contribution in [0.2, 0.25) is 0 Å². The van der Waals surface area contributed by atoms with E-state index in [0.717, 1.165) is 33.4 Å². The van der Waals surface area contributed by atoms with Gasteiger partial charge in [-0.3, -0.25) is 19.2 Å². The van der Waals surface area contributed by atoms with Gasteiger partial charge in [0.05, 0.1) is 51.8 Å². The number of amides is 2. The van der Waals surface area contributed by atoms with E-state index >= 15 is 0 Å². The number of benzene rings is 3. The lowest BCUT2D eigenvalue weighted by molar-refractivity contribution is -0.138. The van der Waals surface area contributed by atoms with Gasteiger partial charge in [0.1, 0.15) is 34.3 Å². The maximum absolute atomic E-state index is 13.0. The molecule has 0 saturated heterocycles. The Bertz CT molecular complexity index is 2540. The van der Waals surface area contributed by atoms with Gasteiger partial charge in [-0.2, -0.15) is 0 Å². The second kappa shape index (κ2) is 21.1. The molecule has 14 heteroatoms. The van der Waals surface area contributed by atoms with Crippen LogP contribution in [0.15, 0.2) is 109 Å². The molecule has 2 atom stereocenters. The molecule has 3 aromatic heterocycles. The molecule has 0 aliphatic rings. The Labute approximate surface area is 360 Å². The van der Waals surface area contributed by atoms with Crippen molar-refractivity contribution in [3.63, 3.8) is 0 Å². The summed E-state index contributed by atoms with van der Waals surface area (Å²) in [5, 5.41) is 24.2. The lowest BCUT2D eigenvalue weighted by Gasteiger charge is -2.18. The molecule has 0 saturated carbocycles. The van der Waals surface area contributed by atoms with Crippen LogP contribution in [0.3, 0.4) is 0 Å². The van der Waals surface area contributed by atoms with Gasteiger partial charge in [-0.25, -0.2) is 15.0 Å². The first-order chi connectivity index (χ1) is 29.7. The lowest BCUT2D eigenvalue weighted by atomic mass is 9.99. The van der Waals surface area contributed by atoms with E-state index in [1.165, 1.54) is 20.3 Å². The Balaban J connectivity index is 0.000000234. The molecular weight excluding hydrogens is 791 g/mol. The van der Waals surface area contributed by atoms with Crippen molar-refractivity contribution in [1.82, 2.24) is 25.6 Å². The molecule has 0 bridgehead atoms. The van der Waals surface area contributed by atoms with Crippen LogP contribution in [0.1, 0.15) is 79.3 Å². The molecular formula is C48H49N5O9. The second-order valence-electron chi connectivity index (χ2n) is 14.4. The standard InChI is InChI=1S/C25H26N2O4.C23H23N3O5/c1-15-8-10-18(11-9-15)21(14-23(28)29)27-25(30)20-12-13-22(31-4)24(26-20)19-7-5-6-16(2)17(19)3;1-14-6-8-15(9-7-14)18(13-20(27)28)26-22(29)17-10-11-19(30-2)21(25-17)16-5-4-12-24-23(16)31-3/h5-13,21H,14H2,1-4H3,(H,27,30)(H,28,29);4-12,18H,13H2,1-3H3,(H,26,29)(H,27,28)/t21-;18-/m00/s1. The topological polar surface area (TPSA) is 199 Å². The van der Waals surface area contributed by atoms with E-state index in [2.05, 4.69) is 25.6 Å². The predicted octanol–water partition coefficient (Wildman–Crippen LogP) is 8.04. The Morgan fingerprint density at radius 2 is 1.02 bits per heavy atom. The fraction of sp³-hybridized carbons (Fsp3) is 0.229. The van der Waals surface area contributed by atoms with Crippen molar-refractivity contribution in [3.05, 3.63) is 154 Å². The van der Waals surface area contributed by atoms with Gasteiger partial charge in [0.2, 0.25) is 5.88 Å². The highest BCUT2D eigenvalue weighted by Gasteiger charge is 2.24. The number of carbonyl (C=O) groups is 4. The first kappa shape index (κ1) is 45.5. The van der Waals surface area contributed by atoms with Crippen molar-refractivity contribution in [2.24, 2.45) is 0 Å². The van der Waals surface area contributed by atoms with Crippen molar-refractivity contribution in [2.75, 3.05) is 21.3 Å². The summed E-state index contributed by atoms with van der Waals surface area (Å²) in [6.07, 6.45) is 1.10. The van der Waals surface area contributed by atoms with Gasteiger partial charge in [0.15, 0.2) is 0 Å². The number of nitrogens with zero attached hydrogens (tertiary/aromatic N) is 3. The number of aryl methyl sites for hydroxylation is 3. The molecule has 3 aromatic carbocycles. The van der Waals surface area contributed by atoms with Crippen molar-refractivity contribution < 1.29 is 43.6 Å². The zero-order chi connectivity index (χ0) is 44.9. The van der Waals surface area contributed by atoms with E-state index in [1.54, 1.807) is 55.8 Å². The van der Waals surface area contributed by atoms with Crippen molar-refractivity contribution in [1.29, 1.82) is 0 Å². The SMILES string of the molecule is COc1ccc(C(=O)N[C@@H](CC(=O)O)c2ccc(C)cc2)nc1-c1cccc(C)c1C.COc1ccc(C(=O)N[C@@H](CC(=O)O)c2ccc(C)cc2)nc1-c1cccnc1OC. The minimum atomic E-state index is -1.02. The molecule has 0 unspecified atom stereocenters. The quantitative estimate of drug-likeness (QED) is 0.0777. The lowest BCUT2D eigenvalue weighted by Crippen LogP contribution is -2.31. The number of pyridine rings is 3.